The van der Waals surface area contributed by atoms with E-state index in [0.29, 0.717) is 0 Å². The SMILES string of the molecule is CC1(C)S[C@@H]2C(N)C(=O)N2[C@H]1C(=O)OC(OC(=O)[C@@H]1N2C(=O)C(N)[C@H]2SC1(C)C)c1cccc(F)c1. The van der Waals surface area contributed by atoms with Gasteiger partial charge >= 0.3 is 11.9 Å². The molecule has 1 aromatic carbocycles. The maximum atomic E-state index is 14.1. The van der Waals surface area contributed by atoms with E-state index < -0.39 is 57.7 Å². The molecule has 10 nitrogen and oxygen atoms in total. The van der Waals surface area contributed by atoms with Gasteiger partial charge < -0.3 is 30.7 Å². The number of amides is 2. The summed E-state index contributed by atoms with van der Waals surface area (Å²) < 4.78 is 23.9. The van der Waals surface area contributed by atoms with Crippen LogP contribution in [0.15, 0.2) is 24.3 Å². The molecule has 13 heteroatoms. The average molecular weight is 539 g/mol. The predicted octanol–water partition coefficient (Wildman–Crippen LogP) is 0.690. The Kier molecular flexibility index (Phi) is 5.86. The van der Waals surface area contributed by atoms with Crippen LogP contribution in [0.5, 0.6) is 0 Å². The molecule has 0 saturated carbocycles. The molecule has 0 spiro atoms. The molecule has 4 fully saturated rings. The van der Waals surface area contributed by atoms with E-state index in [4.69, 9.17) is 20.9 Å². The Bertz CT molecular complexity index is 1100. The molecule has 6 atom stereocenters. The molecule has 0 aromatic heterocycles. The van der Waals surface area contributed by atoms with Gasteiger partial charge in [0.1, 0.15) is 40.7 Å². The van der Waals surface area contributed by atoms with Gasteiger partial charge in [-0.05, 0) is 39.8 Å². The number of β-lactam (4-membered cyclic amide) rings is 2. The first kappa shape index (κ1) is 25.3. The minimum absolute atomic E-state index is 0.0926. The maximum absolute atomic E-state index is 14.1. The third kappa shape index (κ3) is 3.70. The van der Waals surface area contributed by atoms with Crippen molar-refractivity contribution in [2.24, 2.45) is 11.5 Å². The first-order valence-corrected chi connectivity index (χ1v) is 13.2. The van der Waals surface area contributed by atoms with Crippen molar-refractivity contribution in [2.75, 3.05) is 0 Å². The fraction of sp³-hybridized carbons (Fsp3) is 0.565. The molecule has 5 rings (SSSR count). The Labute approximate surface area is 215 Å². The summed E-state index contributed by atoms with van der Waals surface area (Å²) in [6.07, 6.45) is -1.60. The smallest absolute Gasteiger partial charge is 0.333 e. The van der Waals surface area contributed by atoms with E-state index in [0.717, 1.165) is 6.07 Å². The highest BCUT2D eigenvalue weighted by Crippen LogP contribution is 2.52. The number of ether oxygens (including phenoxy) is 2. The van der Waals surface area contributed by atoms with Gasteiger partial charge in [-0.3, -0.25) is 9.59 Å². The highest BCUT2D eigenvalue weighted by Gasteiger charge is 2.65. The van der Waals surface area contributed by atoms with Gasteiger partial charge in [0.05, 0.1) is 0 Å². The summed E-state index contributed by atoms with van der Waals surface area (Å²) in [5.74, 6) is -2.98. The molecule has 4 saturated heterocycles. The van der Waals surface area contributed by atoms with Crippen molar-refractivity contribution in [3.05, 3.63) is 35.6 Å². The lowest BCUT2D eigenvalue weighted by Gasteiger charge is -2.42. The Morgan fingerprint density at radius 3 is 1.78 bits per heavy atom. The van der Waals surface area contributed by atoms with Gasteiger partial charge in [0.15, 0.2) is 0 Å². The van der Waals surface area contributed by atoms with Crippen LogP contribution in [-0.4, -0.2) is 78.0 Å². The Morgan fingerprint density at radius 2 is 1.36 bits per heavy atom. The van der Waals surface area contributed by atoms with Gasteiger partial charge in [0.2, 0.25) is 11.8 Å². The molecule has 2 unspecified atom stereocenters. The number of halogens is 1. The summed E-state index contributed by atoms with van der Waals surface area (Å²) in [6.45, 7) is 7.18. The van der Waals surface area contributed by atoms with Crippen LogP contribution in [-0.2, 0) is 28.7 Å². The average Bonchev–Trinajstić information content (AvgIpc) is 3.23. The topological polar surface area (TPSA) is 145 Å². The maximum Gasteiger partial charge on any atom is 0.333 e. The molecule has 194 valence electrons. The van der Waals surface area contributed by atoms with Crippen LogP contribution in [0.25, 0.3) is 0 Å². The number of thioether (sulfide) groups is 2. The van der Waals surface area contributed by atoms with Gasteiger partial charge in [-0.2, -0.15) is 0 Å². The summed E-state index contributed by atoms with van der Waals surface area (Å²) in [7, 11) is 0. The van der Waals surface area contributed by atoms with Crippen LogP contribution in [0.2, 0.25) is 0 Å². The van der Waals surface area contributed by atoms with E-state index in [1.807, 2.05) is 0 Å². The lowest BCUT2D eigenvalue weighted by Crippen LogP contribution is -2.69. The number of esters is 2. The van der Waals surface area contributed by atoms with Crippen molar-refractivity contribution in [3.8, 4) is 0 Å². The van der Waals surface area contributed by atoms with Gasteiger partial charge in [-0.1, -0.05) is 12.1 Å². The largest absolute Gasteiger partial charge is 0.419 e. The summed E-state index contributed by atoms with van der Waals surface area (Å²) >= 11 is 2.77. The summed E-state index contributed by atoms with van der Waals surface area (Å²) in [5.41, 5.74) is 11.9. The van der Waals surface area contributed by atoms with Gasteiger partial charge in [0.25, 0.3) is 6.29 Å². The minimum Gasteiger partial charge on any atom is -0.419 e. The van der Waals surface area contributed by atoms with Crippen LogP contribution >= 0.6 is 23.5 Å². The standard InChI is InChI=1S/C23H27FN4O6S2/c1-22(2)13(27-15(29)11(25)17(27)35-22)19(31)33-21(9-6-5-7-10(24)8-9)34-20(32)14-23(3,4)36-18-12(26)16(30)28(14)18/h5-8,11-14,17-18,21H,25-26H2,1-4H3/t11?,12?,13-,14-,17+,18+,21?/m0/s1. The second kappa shape index (κ2) is 8.33. The van der Waals surface area contributed by atoms with E-state index in [1.54, 1.807) is 27.7 Å². The fourth-order valence-corrected chi connectivity index (χ4v) is 8.33. The van der Waals surface area contributed by atoms with Crippen molar-refractivity contribution >= 4 is 47.3 Å². The number of hydrogen-bond donors (Lipinski definition) is 2. The first-order chi connectivity index (χ1) is 16.7. The molecule has 0 bridgehead atoms. The Morgan fingerprint density at radius 1 is 0.917 bits per heavy atom. The Hall–Kier alpha value is -2.35. The third-order valence-electron chi connectivity index (χ3n) is 6.98. The van der Waals surface area contributed by atoms with Gasteiger partial charge in [-0.25, -0.2) is 14.0 Å². The molecular formula is C23H27FN4O6S2. The number of fused-ring (bicyclic) bond motifs is 2. The second-order valence-electron chi connectivity index (χ2n) is 10.3. The van der Waals surface area contributed by atoms with Crippen LogP contribution in [0.3, 0.4) is 0 Å². The van der Waals surface area contributed by atoms with Crippen LogP contribution in [0.1, 0.15) is 39.5 Å². The minimum atomic E-state index is -1.60. The summed E-state index contributed by atoms with van der Waals surface area (Å²) in [4.78, 5) is 54.3. The van der Waals surface area contributed by atoms with Crippen molar-refractivity contribution in [1.29, 1.82) is 0 Å². The number of carbonyl (C=O) groups excluding carboxylic acids is 4. The molecule has 0 radical (unpaired) electrons. The summed E-state index contributed by atoms with van der Waals surface area (Å²) in [5, 5.41) is -0.731. The third-order valence-corrected chi connectivity index (χ3v) is 10.2. The molecular weight excluding hydrogens is 511 g/mol. The van der Waals surface area contributed by atoms with Gasteiger partial charge in [0, 0.05) is 15.1 Å². The quantitative estimate of drug-likeness (QED) is 0.312. The zero-order valence-electron chi connectivity index (χ0n) is 20.0. The number of rotatable bonds is 5. The normalized spacial score (nSPS) is 34.3. The lowest BCUT2D eigenvalue weighted by atomic mass is 9.96. The molecule has 4 aliphatic rings. The van der Waals surface area contributed by atoms with Crippen LogP contribution in [0.4, 0.5) is 4.39 Å². The van der Waals surface area contributed by atoms with Crippen LogP contribution < -0.4 is 11.5 Å². The van der Waals surface area contributed by atoms with Crippen molar-refractivity contribution in [1.82, 2.24) is 9.80 Å². The van der Waals surface area contributed by atoms with E-state index in [2.05, 4.69) is 0 Å². The number of carbonyl (C=O) groups is 4. The molecule has 2 amide bonds. The molecule has 4 N–H and O–H groups in total. The predicted molar refractivity (Wildman–Crippen MR) is 129 cm³/mol. The number of benzene rings is 1. The van der Waals surface area contributed by atoms with E-state index in [9.17, 15) is 23.6 Å². The van der Waals surface area contributed by atoms with Crippen molar-refractivity contribution in [3.63, 3.8) is 0 Å². The number of nitrogens with two attached hydrogens (primary N) is 2. The lowest BCUT2D eigenvalue weighted by molar-refractivity contribution is -0.201. The first-order valence-electron chi connectivity index (χ1n) is 11.4. The number of nitrogens with zero attached hydrogens (tertiary/aromatic N) is 2. The Balaban J connectivity index is 1.41. The zero-order chi connectivity index (χ0) is 26.3. The zero-order valence-corrected chi connectivity index (χ0v) is 21.7. The highest BCUT2D eigenvalue weighted by molar-refractivity contribution is 8.02. The monoisotopic (exact) mass is 538 g/mol. The van der Waals surface area contributed by atoms with Crippen LogP contribution in [0, 0.1) is 5.82 Å². The fourth-order valence-electron chi connectivity index (χ4n) is 5.20. The van der Waals surface area contributed by atoms with Gasteiger partial charge in [-0.15, -0.1) is 23.5 Å². The molecule has 4 heterocycles. The van der Waals surface area contributed by atoms with E-state index in [-0.39, 0.29) is 28.1 Å². The molecule has 36 heavy (non-hydrogen) atoms. The van der Waals surface area contributed by atoms with E-state index >= 15 is 0 Å². The number of hydrogen-bond acceptors (Lipinski definition) is 10. The van der Waals surface area contributed by atoms with E-state index in [1.165, 1.54) is 51.5 Å². The van der Waals surface area contributed by atoms with Crippen molar-refractivity contribution < 1.29 is 33.0 Å². The second-order valence-corrected chi connectivity index (χ2v) is 13.9. The summed E-state index contributed by atoms with van der Waals surface area (Å²) in [6, 6.07) is 1.77. The molecule has 1 aromatic rings. The highest BCUT2D eigenvalue weighted by atomic mass is 32.2. The molecule has 0 aliphatic carbocycles. The molecule has 4 aliphatic heterocycles. The van der Waals surface area contributed by atoms with Crippen molar-refractivity contribution in [2.45, 2.75) is 78.4 Å².